The quantitative estimate of drug-likeness (QED) is 0.628. The molecule has 0 radical (unpaired) electrons. The highest BCUT2D eigenvalue weighted by Gasteiger charge is 2.40. The standard InChI is InChI=1S/C18H22N2O2S/c1-19-16(12-13-8-10-15(22-2)11-9-13)17(21)20(18(19)23)14-6-4-3-5-7-14/h8-12,14H,3-7H2,1-2H3/b16-12+. The van der Waals surface area contributed by atoms with Crippen LogP contribution >= 0.6 is 12.2 Å². The van der Waals surface area contributed by atoms with Crippen molar-refractivity contribution in [1.82, 2.24) is 9.80 Å². The Morgan fingerprint density at radius 1 is 1.17 bits per heavy atom. The molecule has 5 heteroatoms. The van der Waals surface area contributed by atoms with Crippen LogP contribution in [0.2, 0.25) is 0 Å². The molecule has 2 aliphatic rings. The molecule has 1 aliphatic heterocycles. The molecule has 0 unspecified atom stereocenters. The first-order valence-electron chi connectivity index (χ1n) is 8.09. The third kappa shape index (κ3) is 3.11. The molecule has 0 N–H and O–H groups in total. The summed E-state index contributed by atoms with van der Waals surface area (Å²) in [5, 5.41) is 0.627. The fourth-order valence-electron chi connectivity index (χ4n) is 3.30. The number of benzene rings is 1. The van der Waals surface area contributed by atoms with Crippen LogP contribution < -0.4 is 4.74 Å². The number of hydrogen-bond donors (Lipinski definition) is 0. The smallest absolute Gasteiger partial charge is 0.277 e. The van der Waals surface area contributed by atoms with Crippen LogP contribution in [0.5, 0.6) is 5.75 Å². The Morgan fingerprint density at radius 2 is 1.83 bits per heavy atom. The third-order valence-corrected chi connectivity index (χ3v) is 5.12. The van der Waals surface area contributed by atoms with E-state index in [1.54, 1.807) is 7.11 Å². The molecule has 1 saturated heterocycles. The van der Waals surface area contributed by atoms with Crippen LogP contribution in [0.4, 0.5) is 0 Å². The van der Waals surface area contributed by atoms with Gasteiger partial charge in [0, 0.05) is 13.1 Å². The van der Waals surface area contributed by atoms with E-state index < -0.39 is 0 Å². The minimum Gasteiger partial charge on any atom is -0.497 e. The van der Waals surface area contributed by atoms with Crippen LogP contribution in [0.15, 0.2) is 30.0 Å². The van der Waals surface area contributed by atoms with Crippen molar-refractivity contribution in [2.75, 3.05) is 14.2 Å². The van der Waals surface area contributed by atoms with Crippen molar-refractivity contribution < 1.29 is 9.53 Å². The van der Waals surface area contributed by atoms with Crippen molar-refractivity contribution in [2.45, 2.75) is 38.1 Å². The molecule has 1 saturated carbocycles. The summed E-state index contributed by atoms with van der Waals surface area (Å²) < 4.78 is 5.17. The molecule has 3 rings (SSSR count). The van der Waals surface area contributed by atoms with E-state index in [4.69, 9.17) is 17.0 Å². The Kier molecular flexibility index (Phi) is 4.66. The second-order valence-corrected chi connectivity index (χ2v) is 6.48. The Balaban J connectivity index is 1.85. The fourth-order valence-corrected chi connectivity index (χ4v) is 3.63. The molecule has 1 aromatic carbocycles. The first-order chi connectivity index (χ1) is 11.1. The Hall–Kier alpha value is -1.88. The third-order valence-electron chi connectivity index (χ3n) is 4.65. The molecule has 4 nitrogen and oxygen atoms in total. The molecule has 0 aromatic heterocycles. The van der Waals surface area contributed by atoms with Gasteiger partial charge < -0.3 is 9.64 Å². The molecule has 0 bridgehead atoms. The average molecular weight is 330 g/mol. The van der Waals surface area contributed by atoms with E-state index in [2.05, 4.69) is 0 Å². The highest BCUT2D eigenvalue weighted by Crippen LogP contribution is 2.30. The summed E-state index contributed by atoms with van der Waals surface area (Å²) in [4.78, 5) is 16.5. The molecule has 0 atom stereocenters. The van der Waals surface area contributed by atoms with Gasteiger partial charge in [0.25, 0.3) is 5.91 Å². The highest BCUT2D eigenvalue weighted by atomic mass is 32.1. The predicted octanol–water partition coefficient (Wildman–Crippen LogP) is 3.43. The lowest BCUT2D eigenvalue weighted by Crippen LogP contribution is -2.41. The second-order valence-electron chi connectivity index (χ2n) is 6.11. The van der Waals surface area contributed by atoms with Gasteiger partial charge in [0.15, 0.2) is 5.11 Å². The summed E-state index contributed by atoms with van der Waals surface area (Å²) >= 11 is 5.52. The van der Waals surface area contributed by atoms with Crippen molar-refractivity contribution >= 4 is 29.3 Å². The van der Waals surface area contributed by atoms with Crippen molar-refractivity contribution in [3.05, 3.63) is 35.5 Å². The van der Waals surface area contributed by atoms with Crippen molar-refractivity contribution in [3.63, 3.8) is 0 Å². The minimum atomic E-state index is 0.0280. The number of amides is 1. The van der Waals surface area contributed by atoms with Crippen molar-refractivity contribution in [3.8, 4) is 5.75 Å². The van der Waals surface area contributed by atoms with Crippen LogP contribution in [0.25, 0.3) is 6.08 Å². The van der Waals surface area contributed by atoms with Gasteiger partial charge in [-0.15, -0.1) is 0 Å². The van der Waals surface area contributed by atoms with Gasteiger partial charge in [0.1, 0.15) is 11.4 Å². The summed E-state index contributed by atoms with van der Waals surface area (Å²) in [6.45, 7) is 0. The number of likely N-dealkylation sites (N-methyl/N-ethyl adjacent to an activating group) is 1. The zero-order valence-electron chi connectivity index (χ0n) is 13.6. The largest absolute Gasteiger partial charge is 0.497 e. The lowest BCUT2D eigenvalue weighted by atomic mass is 9.94. The summed E-state index contributed by atoms with van der Waals surface area (Å²) in [5.74, 6) is 0.831. The molecule has 0 spiro atoms. The van der Waals surface area contributed by atoms with Gasteiger partial charge in [0.2, 0.25) is 0 Å². The summed E-state index contributed by atoms with van der Waals surface area (Å²) in [6.07, 6.45) is 7.62. The van der Waals surface area contributed by atoms with E-state index in [9.17, 15) is 4.79 Å². The summed E-state index contributed by atoms with van der Waals surface area (Å²) in [5.41, 5.74) is 1.61. The van der Waals surface area contributed by atoms with Gasteiger partial charge in [-0.3, -0.25) is 9.69 Å². The van der Waals surface area contributed by atoms with Crippen molar-refractivity contribution in [1.29, 1.82) is 0 Å². The summed E-state index contributed by atoms with van der Waals surface area (Å²) in [6, 6.07) is 7.93. The lowest BCUT2D eigenvalue weighted by Gasteiger charge is -2.30. The Labute approximate surface area is 142 Å². The van der Waals surface area contributed by atoms with Crippen LogP contribution in [0.3, 0.4) is 0 Å². The van der Waals surface area contributed by atoms with E-state index in [0.29, 0.717) is 10.8 Å². The molecular formula is C18H22N2O2S. The van der Waals surface area contributed by atoms with E-state index >= 15 is 0 Å². The number of ether oxygens (including phenoxy) is 1. The lowest BCUT2D eigenvalue weighted by molar-refractivity contribution is -0.124. The van der Waals surface area contributed by atoms with Gasteiger partial charge in [0.05, 0.1) is 7.11 Å². The van der Waals surface area contributed by atoms with Crippen LogP contribution in [-0.4, -0.2) is 41.0 Å². The SMILES string of the molecule is COc1ccc(/C=C2\C(=O)N(C3CCCCC3)C(=S)N2C)cc1. The van der Waals surface area contributed by atoms with E-state index in [0.717, 1.165) is 24.2 Å². The van der Waals surface area contributed by atoms with Gasteiger partial charge in [-0.1, -0.05) is 31.4 Å². The zero-order valence-corrected chi connectivity index (χ0v) is 14.4. The first kappa shape index (κ1) is 16.0. The fraction of sp³-hybridized carbons (Fsp3) is 0.444. The van der Waals surface area contributed by atoms with E-state index in [1.807, 2.05) is 47.2 Å². The minimum absolute atomic E-state index is 0.0280. The van der Waals surface area contributed by atoms with Crippen LogP contribution in [0.1, 0.15) is 37.7 Å². The predicted molar refractivity (Wildman–Crippen MR) is 95.1 cm³/mol. The molecular weight excluding hydrogens is 308 g/mol. The topological polar surface area (TPSA) is 32.8 Å². The van der Waals surface area contributed by atoms with Gasteiger partial charge in [-0.25, -0.2) is 0 Å². The zero-order chi connectivity index (χ0) is 16.4. The maximum Gasteiger partial charge on any atom is 0.277 e. The molecule has 2 fully saturated rings. The molecule has 1 heterocycles. The normalized spacial score (nSPS) is 21.4. The molecule has 1 aromatic rings. The van der Waals surface area contributed by atoms with Gasteiger partial charge in [-0.2, -0.15) is 0 Å². The first-order valence-corrected chi connectivity index (χ1v) is 8.49. The van der Waals surface area contributed by atoms with E-state index in [-0.39, 0.29) is 11.9 Å². The molecule has 1 amide bonds. The maximum absolute atomic E-state index is 12.9. The monoisotopic (exact) mass is 330 g/mol. The second kappa shape index (κ2) is 6.71. The summed E-state index contributed by atoms with van der Waals surface area (Å²) in [7, 11) is 3.51. The molecule has 1 aliphatic carbocycles. The van der Waals surface area contributed by atoms with Gasteiger partial charge in [-0.05, 0) is 48.8 Å². The average Bonchev–Trinajstić information content (AvgIpc) is 2.80. The van der Waals surface area contributed by atoms with Crippen LogP contribution in [0, 0.1) is 0 Å². The van der Waals surface area contributed by atoms with Gasteiger partial charge >= 0.3 is 0 Å². The molecule has 23 heavy (non-hydrogen) atoms. The number of methoxy groups -OCH3 is 1. The number of nitrogens with zero attached hydrogens (tertiary/aromatic N) is 2. The Bertz CT molecular complexity index is 633. The number of carbonyl (C=O) groups is 1. The maximum atomic E-state index is 12.9. The van der Waals surface area contributed by atoms with Crippen LogP contribution in [-0.2, 0) is 4.79 Å². The number of rotatable bonds is 3. The highest BCUT2D eigenvalue weighted by molar-refractivity contribution is 7.80. The Morgan fingerprint density at radius 3 is 2.43 bits per heavy atom. The number of carbonyl (C=O) groups excluding carboxylic acids is 1. The number of thiocarbonyl (C=S) groups is 1. The van der Waals surface area contributed by atoms with E-state index in [1.165, 1.54) is 19.3 Å². The molecule has 122 valence electrons. The number of hydrogen-bond acceptors (Lipinski definition) is 3. The van der Waals surface area contributed by atoms with Crippen molar-refractivity contribution in [2.24, 2.45) is 0 Å².